The van der Waals surface area contributed by atoms with E-state index in [4.69, 9.17) is 9.73 Å². The molecule has 2 N–H and O–H groups in total. The number of ether oxygens (including phenoxy) is 1. The van der Waals surface area contributed by atoms with Gasteiger partial charge in [-0.05, 0) is 37.8 Å². The first-order valence-electron chi connectivity index (χ1n) is 9.77. The second-order valence-corrected chi connectivity index (χ2v) is 8.46. The van der Waals surface area contributed by atoms with Crippen molar-refractivity contribution >= 4 is 29.9 Å². The van der Waals surface area contributed by atoms with Crippen LogP contribution in [-0.4, -0.2) is 37.3 Å². The van der Waals surface area contributed by atoms with Gasteiger partial charge in [0.25, 0.3) is 0 Å². The fraction of sp³-hybridized carbons (Fsp3) is 0.667. The number of rotatable bonds is 4. The molecule has 1 aromatic rings. The fourth-order valence-corrected chi connectivity index (χ4v) is 4.93. The van der Waals surface area contributed by atoms with Crippen LogP contribution in [0.2, 0.25) is 0 Å². The zero-order valence-corrected chi connectivity index (χ0v) is 18.6. The summed E-state index contributed by atoms with van der Waals surface area (Å²) in [5.74, 6) is 2.22. The minimum Gasteiger partial charge on any atom is -0.377 e. The maximum absolute atomic E-state index is 5.92. The highest BCUT2D eigenvalue weighted by Crippen LogP contribution is 2.52. The predicted octanol–water partition coefficient (Wildman–Crippen LogP) is 3.84. The van der Waals surface area contributed by atoms with E-state index in [-0.39, 0.29) is 29.4 Å². The summed E-state index contributed by atoms with van der Waals surface area (Å²) >= 11 is 0. The van der Waals surface area contributed by atoms with E-state index in [1.807, 2.05) is 0 Å². The molecular weight excluding hydrogens is 437 g/mol. The summed E-state index contributed by atoms with van der Waals surface area (Å²) < 4.78 is 5.92. The Kier molecular flexibility index (Phi) is 5.87. The number of nitrogens with zero attached hydrogens (tertiary/aromatic N) is 1. The van der Waals surface area contributed by atoms with Crippen molar-refractivity contribution in [2.75, 3.05) is 13.2 Å². The molecule has 3 fully saturated rings. The standard InChI is InChI=1S/C21H31N3O.HI/c1-5-22-20(24-18-15-10-11-25-19(15)21(18,3)4)23-17-12-16(17)14-9-7-6-8-13(14)2;/h6-9,15-19H,5,10-12H2,1-4H3,(H2,22,23,24);1H. The average molecular weight is 469 g/mol. The molecule has 1 heterocycles. The highest BCUT2D eigenvalue weighted by Gasteiger charge is 2.59. The van der Waals surface area contributed by atoms with E-state index in [0.717, 1.165) is 19.1 Å². The van der Waals surface area contributed by atoms with Gasteiger partial charge in [-0.1, -0.05) is 38.1 Å². The lowest BCUT2D eigenvalue weighted by Gasteiger charge is -2.55. The highest BCUT2D eigenvalue weighted by molar-refractivity contribution is 14.0. The quantitative estimate of drug-likeness (QED) is 0.400. The van der Waals surface area contributed by atoms with Crippen molar-refractivity contribution in [2.45, 2.75) is 64.6 Å². The van der Waals surface area contributed by atoms with E-state index in [1.165, 1.54) is 24.0 Å². The number of aryl methyl sites for hydroxylation is 1. The van der Waals surface area contributed by atoms with Crippen LogP contribution in [0.1, 0.15) is 50.7 Å². The third kappa shape index (κ3) is 3.49. The minimum absolute atomic E-state index is 0. The minimum atomic E-state index is 0. The van der Waals surface area contributed by atoms with Crippen molar-refractivity contribution in [3.05, 3.63) is 35.4 Å². The van der Waals surface area contributed by atoms with Crippen molar-refractivity contribution in [3.8, 4) is 0 Å². The van der Waals surface area contributed by atoms with E-state index >= 15 is 0 Å². The van der Waals surface area contributed by atoms with Gasteiger partial charge in [-0.15, -0.1) is 24.0 Å². The van der Waals surface area contributed by atoms with Crippen molar-refractivity contribution < 1.29 is 4.74 Å². The molecule has 5 unspecified atom stereocenters. The Morgan fingerprint density at radius 3 is 2.77 bits per heavy atom. The molecule has 0 amide bonds. The van der Waals surface area contributed by atoms with Crippen LogP contribution in [-0.2, 0) is 4.74 Å². The molecule has 0 bridgehead atoms. The first kappa shape index (κ1) is 19.9. The molecule has 4 nitrogen and oxygen atoms in total. The Morgan fingerprint density at radius 2 is 2.04 bits per heavy atom. The van der Waals surface area contributed by atoms with Gasteiger partial charge in [-0.3, -0.25) is 4.99 Å². The van der Waals surface area contributed by atoms with E-state index in [0.29, 0.717) is 30.0 Å². The number of hydrogen-bond acceptors (Lipinski definition) is 2. The molecule has 0 radical (unpaired) electrons. The zero-order chi connectivity index (χ0) is 17.6. The molecule has 5 atom stereocenters. The molecular formula is C21H32IN3O. The van der Waals surface area contributed by atoms with Gasteiger partial charge >= 0.3 is 0 Å². The third-order valence-electron chi connectivity index (χ3n) is 6.41. The third-order valence-corrected chi connectivity index (χ3v) is 6.41. The van der Waals surface area contributed by atoms with E-state index in [1.54, 1.807) is 0 Å². The van der Waals surface area contributed by atoms with Gasteiger partial charge in [0.05, 0.1) is 6.10 Å². The molecule has 4 rings (SSSR count). The van der Waals surface area contributed by atoms with Gasteiger partial charge in [0.15, 0.2) is 5.96 Å². The smallest absolute Gasteiger partial charge is 0.191 e. The summed E-state index contributed by atoms with van der Waals surface area (Å²) in [5, 5.41) is 7.42. The molecule has 2 aliphatic carbocycles. The van der Waals surface area contributed by atoms with Gasteiger partial charge in [0.2, 0.25) is 0 Å². The first-order chi connectivity index (χ1) is 12.0. The lowest BCUT2D eigenvalue weighted by atomic mass is 9.57. The normalized spacial score (nSPS) is 34.3. The van der Waals surface area contributed by atoms with Gasteiger partial charge in [0, 0.05) is 42.5 Å². The second kappa shape index (κ2) is 7.66. The number of guanidine groups is 1. The van der Waals surface area contributed by atoms with Crippen LogP contribution < -0.4 is 10.6 Å². The summed E-state index contributed by atoms with van der Waals surface area (Å²) in [6.07, 6.45) is 2.77. The summed E-state index contributed by atoms with van der Waals surface area (Å²) in [6, 6.07) is 9.69. The predicted molar refractivity (Wildman–Crippen MR) is 117 cm³/mol. The molecule has 1 saturated heterocycles. The Balaban J connectivity index is 0.00000196. The van der Waals surface area contributed by atoms with E-state index in [9.17, 15) is 0 Å². The molecule has 1 aliphatic heterocycles. The molecule has 0 spiro atoms. The van der Waals surface area contributed by atoms with Crippen molar-refractivity contribution in [2.24, 2.45) is 16.3 Å². The lowest BCUT2D eigenvalue weighted by molar-refractivity contribution is -0.106. The highest BCUT2D eigenvalue weighted by atomic mass is 127. The van der Waals surface area contributed by atoms with Crippen LogP contribution in [0.5, 0.6) is 0 Å². The largest absolute Gasteiger partial charge is 0.377 e. The van der Waals surface area contributed by atoms with Crippen molar-refractivity contribution in [3.63, 3.8) is 0 Å². The maximum atomic E-state index is 5.92. The number of fused-ring (bicyclic) bond motifs is 1. The monoisotopic (exact) mass is 469 g/mol. The SMILES string of the molecule is CCN=C(NC1CC1c1ccccc1C)NC1C2CCOC2C1(C)C.I. The molecule has 3 aliphatic rings. The van der Waals surface area contributed by atoms with Crippen LogP contribution in [0.25, 0.3) is 0 Å². The second-order valence-electron chi connectivity index (χ2n) is 8.46. The first-order valence-corrected chi connectivity index (χ1v) is 9.77. The molecule has 1 aromatic carbocycles. The van der Waals surface area contributed by atoms with Gasteiger partial charge in [-0.25, -0.2) is 0 Å². The van der Waals surface area contributed by atoms with Crippen LogP contribution in [0.3, 0.4) is 0 Å². The number of halogens is 1. The van der Waals surface area contributed by atoms with Gasteiger partial charge in [-0.2, -0.15) is 0 Å². The summed E-state index contributed by atoms with van der Waals surface area (Å²) in [6.45, 7) is 10.6. The van der Waals surface area contributed by atoms with Crippen LogP contribution >= 0.6 is 24.0 Å². The topological polar surface area (TPSA) is 45.7 Å². The summed E-state index contributed by atoms with van der Waals surface area (Å²) in [4.78, 5) is 4.71. The number of benzene rings is 1. The summed E-state index contributed by atoms with van der Waals surface area (Å²) in [7, 11) is 0. The van der Waals surface area contributed by atoms with Gasteiger partial charge in [0.1, 0.15) is 0 Å². The molecule has 2 saturated carbocycles. The Labute approximate surface area is 174 Å². The van der Waals surface area contributed by atoms with Crippen molar-refractivity contribution in [1.29, 1.82) is 0 Å². The molecule has 0 aromatic heterocycles. The Hall–Kier alpha value is -0.820. The van der Waals surface area contributed by atoms with Gasteiger partial charge < -0.3 is 15.4 Å². The van der Waals surface area contributed by atoms with Crippen LogP contribution in [0.15, 0.2) is 29.3 Å². The Morgan fingerprint density at radius 1 is 1.27 bits per heavy atom. The fourth-order valence-electron chi connectivity index (χ4n) is 4.93. The zero-order valence-electron chi connectivity index (χ0n) is 16.3. The Bertz CT molecular complexity index is 675. The number of hydrogen-bond donors (Lipinski definition) is 2. The lowest BCUT2D eigenvalue weighted by Crippen LogP contribution is -2.68. The number of aliphatic imine (C=N–C) groups is 1. The molecule has 5 heteroatoms. The van der Waals surface area contributed by atoms with Crippen LogP contribution in [0, 0.1) is 18.3 Å². The van der Waals surface area contributed by atoms with Crippen molar-refractivity contribution in [1.82, 2.24) is 10.6 Å². The molecule has 26 heavy (non-hydrogen) atoms. The number of nitrogens with one attached hydrogen (secondary N) is 2. The summed E-state index contributed by atoms with van der Waals surface area (Å²) in [5.41, 5.74) is 3.05. The molecule has 144 valence electrons. The maximum Gasteiger partial charge on any atom is 0.191 e. The van der Waals surface area contributed by atoms with E-state index in [2.05, 4.69) is 62.6 Å². The van der Waals surface area contributed by atoms with E-state index < -0.39 is 0 Å². The average Bonchev–Trinajstić information content (AvgIpc) is 3.18. The van der Waals surface area contributed by atoms with Crippen LogP contribution in [0.4, 0.5) is 0 Å².